The smallest absolute Gasteiger partial charge is 0.295 e. The Balaban J connectivity index is 2.02. The molecule has 0 saturated carbocycles. The molecule has 2 aromatic carbocycles. The summed E-state index contributed by atoms with van der Waals surface area (Å²) in [6.07, 6.45) is 0.706. The molecule has 0 radical (unpaired) electrons. The van der Waals surface area contributed by atoms with E-state index in [0.717, 1.165) is 15.6 Å². The van der Waals surface area contributed by atoms with Gasteiger partial charge in [0.2, 0.25) is 0 Å². The molecule has 1 aliphatic heterocycles. The summed E-state index contributed by atoms with van der Waals surface area (Å²) in [7, 11) is 0. The third-order valence-corrected chi connectivity index (χ3v) is 5.97. The monoisotopic (exact) mass is 471 g/mol. The highest BCUT2D eigenvalue weighted by Crippen LogP contribution is 2.39. The predicted molar refractivity (Wildman–Crippen MR) is 120 cm³/mol. The van der Waals surface area contributed by atoms with Crippen LogP contribution in [-0.4, -0.2) is 41.0 Å². The van der Waals surface area contributed by atoms with Crippen LogP contribution in [0.25, 0.3) is 5.76 Å². The number of Topliss-reactive ketones (excluding diaryl/α,β-unsaturated/α-hetero) is 1. The number of halogens is 1. The molecule has 6 heteroatoms. The third kappa shape index (κ3) is 4.65. The summed E-state index contributed by atoms with van der Waals surface area (Å²) in [6.45, 7) is 6.68. The highest BCUT2D eigenvalue weighted by Gasteiger charge is 2.45. The third-order valence-electron chi connectivity index (χ3n) is 5.08. The van der Waals surface area contributed by atoms with Crippen molar-refractivity contribution in [3.63, 3.8) is 0 Å². The SMILES string of the molecule is Cc1cc(/C(O)=C2/C(=O)C(=O)N(CCCOC(C)C)C2c2ccccc2)ccc1Br. The van der Waals surface area contributed by atoms with Crippen LogP contribution >= 0.6 is 15.9 Å². The van der Waals surface area contributed by atoms with E-state index in [4.69, 9.17) is 4.74 Å². The number of aliphatic hydroxyl groups excluding tert-OH is 1. The van der Waals surface area contributed by atoms with Crippen molar-refractivity contribution in [2.24, 2.45) is 0 Å². The first-order chi connectivity index (χ1) is 14.3. The molecule has 1 unspecified atom stereocenters. The standard InChI is InChI=1S/C24H26BrNO4/c1-15(2)30-13-7-12-26-21(17-8-5-4-6-9-17)20(23(28)24(26)29)22(27)18-10-11-19(25)16(3)14-18/h4-6,8-11,14-15,21,27H,7,12-13H2,1-3H3/b22-20-. The highest BCUT2D eigenvalue weighted by molar-refractivity contribution is 9.10. The van der Waals surface area contributed by atoms with Crippen LogP contribution in [0.2, 0.25) is 0 Å². The lowest BCUT2D eigenvalue weighted by Gasteiger charge is -2.25. The number of hydrogen-bond donors (Lipinski definition) is 1. The van der Waals surface area contributed by atoms with Crippen molar-refractivity contribution in [3.05, 3.63) is 75.3 Å². The molecule has 1 amide bonds. The fraction of sp³-hybridized carbons (Fsp3) is 0.333. The lowest BCUT2D eigenvalue weighted by molar-refractivity contribution is -0.140. The Bertz CT molecular complexity index is 968. The Kier molecular flexibility index (Phi) is 7.10. The number of aliphatic hydroxyl groups is 1. The molecule has 5 nitrogen and oxygen atoms in total. The Morgan fingerprint density at radius 3 is 2.50 bits per heavy atom. The molecule has 0 spiro atoms. The average Bonchev–Trinajstić information content (AvgIpc) is 2.98. The van der Waals surface area contributed by atoms with Gasteiger partial charge in [0, 0.05) is 23.2 Å². The summed E-state index contributed by atoms with van der Waals surface area (Å²) in [4.78, 5) is 27.4. The van der Waals surface area contributed by atoms with Gasteiger partial charge in [-0.25, -0.2) is 0 Å². The fourth-order valence-electron chi connectivity index (χ4n) is 3.59. The van der Waals surface area contributed by atoms with Gasteiger partial charge in [-0.2, -0.15) is 0 Å². The Morgan fingerprint density at radius 1 is 1.17 bits per heavy atom. The second kappa shape index (κ2) is 9.58. The minimum absolute atomic E-state index is 0.103. The number of hydrogen-bond acceptors (Lipinski definition) is 4. The van der Waals surface area contributed by atoms with E-state index in [9.17, 15) is 14.7 Å². The van der Waals surface area contributed by atoms with Crippen LogP contribution in [-0.2, 0) is 14.3 Å². The van der Waals surface area contributed by atoms with Gasteiger partial charge in [0.05, 0.1) is 17.7 Å². The second-order valence-electron chi connectivity index (χ2n) is 7.64. The van der Waals surface area contributed by atoms with Crippen LogP contribution in [0.1, 0.15) is 43.0 Å². The summed E-state index contributed by atoms with van der Waals surface area (Å²) in [5.74, 6) is -1.41. The summed E-state index contributed by atoms with van der Waals surface area (Å²) in [5, 5.41) is 11.1. The van der Waals surface area contributed by atoms with Crippen molar-refractivity contribution in [2.45, 2.75) is 39.3 Å². The maximum Gasteiger partial charge on any atom is 0.295 e. The first kappa shape index (κ1) is 22.2. The van der Waals surface area contributed by atoms with E-state index in [-0.39, 0.29) is 17.4 Å². The van der Waals surface area contributed by atoms with E-state index < -0.39 is 17.7 Å². The molecule has 1 heterocycles. The molecule has 0 bridgehead atoms. The van der Waals surface area contributed by atoms with Gasteiger partial charge >= 0.3 is 0 Å². The van der Waals surface area contributed by atoms with Gasteiger partial charge in [-0.05, 0) is 50.5 Å². The van der Waals surface area contributed by atoms with Crippen LogP contribution in [0.4, 0.5) is 0 Å². The highest BCUT2D eigenvalue weighted by atomic mass is 79.9. The molecule has 158 valence electrons. The Labute approximate surface area is 185 Å². The molecule has 1 fully saturated rings. The molecule has 0 aromatic heterocycles. The zero-order valence-corrected chi connectivity index (χ0v) is 19.0. The number of ketones is 1. The summed E-state index contributed by atoms with van der Waals surface area (Å²) < 4.78 is 6.49. The van der Waals surface area contributed by atoms with Crippen molar-refractivity contribution in [3.8, 4) is 0 Å². The number of carbonyl (C=O) groups is 2. The number of carbonyl (C=O) groups excluding carboxylic acids is 2. The lowest BCUT2D eigenvalue weighted by Crippen LogP contribution is -2.31. The largest absolute Gasteiger partial charge is 0.507 e. The average molecular weight is 472 g/mol. The van der Waals surface area contributed by atoms with Crippen molar-refractivity contribution in [1.82, 2.24) is 4.90 Å². The summed E-state index contributed by atoms with van der Waals surface area (Å²) >= 11 is 3.45. The molecule has 1 saturated heterocycles. The predicted octanol–water partition coefficient (Wildman–Crippen LogP) is 4.99. The maximum atomic E-state index is 13.0. The normalized spacial score (nSPS) is 18.4. The number of benzene rings is 2. The van der Waals surface area contributed by atoms with Crippen LogP contribution in [0.3, 0.4) is 0 Å². The summed E-state index contributed by atoms with van der Waals surface area (Å²) in [6, 6.07) is 14.1. The van der Waals surface area contributed by atoms with Gasteiger partial charge in [0.15, 0.2) is 0 Å². The quantitative estimate of drug-likeness (QED) is 0.267. The van der Waals surface area contributed by atoms with E-state index in [1.165, 1.54) is 0 Å². The molecule has 1 aliphatic rings. The van der Waals surface area contributed by atoms with Gasteiger partial charge in [0.1, 0.15) is 5.76 Å². The van der Waals surface area contributed by atoms with E-state index >= 15 is 0 Å². The number of rotatable bonds is 7. The minimum Gasteiger partial charge on any atom is -0.507 e. The van der Waals surface area contributed by atoms with Gasteiger partial charge in [-0.15, -0.1) is 0 Å². The molecule has 1 N–H and O–H groups in total. The van der Waals surface area contributed by atoms with Gasteiger partial charge < -0.3 is 14.7 Å². The number of nitrogens with zero attached hydrogens (tertiary/aromatic N) is 1. The van der Waals surface area contributed by atoms with Gasteiger partial charge in [0.25, 0.3) is 11.7 Å². The first-order valence-corrected chi connectivity index (χ1v) is 10.8. The number of likely N-dealkylation sites (tertiary alicyclic amines) is 1. The van der Waals surface area contributed by atoms with Crippen LogP contribution < -0.4 is 0 Å². The molecular formula is C24H26BrNO4. The van der Waals surface area contributed by atoms with Crippen molar-refractivity contribution in [1.29, 1.82) is 0 Å². The number of aryl methyl sites for hydroxylation is 1. The molecule has 30 heavy (non-hydrogen) atoms. The van der Waals surface area contributed by atoms with Crippen molar-refractivity contribution in [2.75, 3.05) is 13.2 Å². The second-order valence-corrected chi connectivity index (χ2v) is 8.49. The van der Waals surface area contributed by atoms with E-state index in [2.05, 4.69) is 15.9 Å². The fourth-order valence-corrected chi connectivity index (χ4v) is 3.84. The first-order valence-electron chi connectivity index (χ1n) is 10.0. The van der Waals surface area contributed by atoms with Crippen LogP contribution in [0.15, 0.2) is 58.6 Å². The molecular weight excluding hydrogens is 446 g/mol. The number of ether oxygens (including phenoxy) is 1. The molecule has 0 aliphatic carbocycles. The number of amides is 1. The van der Waals surface area contributed by atoms with E-state index in [0.29, 0.717) is 25.1 Å². The van der Waals surface area contributed by atoms with Gasteiger partial charge in [-0.3, -0.25) is 9.59 Å². The van der Waals surface area contributed by atoms with Crippen molar-refractivity contribution >= 4 is 33.4 Å². The molecule has 3 rings (SSSR count). The summed E-state index contributed by atoms with van der Waals surface area (Å²) in [5.41, 5.74) is 2.35. The van der Waals surface area contributed by atoms with Crippen molar-refractivity contribution < 1.29 is 19.4 Å². The topological polar surface area (TPSA) is 66.8 Å². The maximum absolute atomic E-state index is 13.0. The Morgan fingerprint density at radius 2 is 1.87 bits per heavy atom. The van der Waals surface area contributed by atoms with Crippen LogP contribution in [0.5, 0.6) is 0 Å². The minimum atomic E-state index is -0.660. The molecule has 1 atom stereocenters. The van der Waals surface area contributed by atoms with Gasteiger partial charge in [-0.1, -0.05) is 52.3 Å². The Hall–Kier alpha value is -2.44. The van der Waals surface area contributed by atoms with E-state index in [1.807, 2.05) is 57.2 Å². The molecule has 2 aromatic rings. The van der Waals surface area contributed by atoms with Crippen LogP contribution in [0, 0.1) is 6.92 Å². The zero-order chi connectivity index (χ0) is 21.8. The lowest BCUT2D eigenvalue weighted by atomic mass is 9.95. The van der Waals surface area contributed by atoms with E-state index in [1.54, 1.807) is 17.0 Å². The zero-order valence-electron chi connectivity index (χ0n) is 17.4.